The van der Waals surface area contributed by atoms with Gasteiger partial charge in [-0.2, -0.15) is 0 Å². The van der Waals surface area contributed by atoms with Crippen molar-refractivity contribution in [2.45, 2.75) is 19.6 Å². The number of ether oxygens (including phenoxy) is 4. The number of carbonyl (C=O) groups excluding carboxylic acids is 1. The lowest BCUT2D eigenvalue weighted by molar-refractivity contribution is -0.127. The van der Waals surface area contributed by atoms with Crippen LogP contribution < -0.4 is 5.32 Å². The molecular formula is C11H17NO5. The molecule has 0 spiro atoms. The number of rotatable bonds is 5. The summed E-state index contributed by atoms with van der Waals surface area (Å²) in [5, 5.41) is 2.59. The van der Waals surface area contributed by atoms with E-state index in [4.69, 9.17) is 18.9 Å². The SMILES string of the molecule is CCC(=O)NC1=CC(OC)=C(OC)C(OC)O1. The van der Waals surface area contributed by atoms with E-state index >= 15 is 0 Å². The molecule has 0 radical (unpaired) electrons. The molecular weight excluding hydrogens is 226 g/mol. The van der Waals surface area contributed by atoms with Crippen LogP contribution in [0.3, 0.4) is 0 Å². The molecule has 1 aliphatic heterocycles. The van der Waals surface area contributed by atoms with Gasteiger partial charge in [0.1, 0.15) is 0 Å². The first kappa shape index (κ1) is 13.4. The average Bonchev–Trinajstić information content (AvgIpc) is 2.37. The molecule has 6 heteroatoms. The molecule has 1 unspecified atom stereocenters. The summed E-state index contributed by atoms with van der Waals surface area (Å²) in [5.74, 6) is 1.00. The van der Waals surface area contributed by atoms with Crippen molar-refractivity contribution in [3.63, 3.8) is 0 Å². The summed E-state index contributed by atoms with van der Waals surface area (Å²) in [4.78, 5) is 11.3. The van der Waals surface area contributed by atoms with Gasteiger partial charge < -0.3 is 18.9 Å². The Morgan fingerprint density at radius 2 is 2.12 bits per heavy atom. The molecule has 0 aliphatic carbocycles. The number of hydrogen-bond donors (Lipinski definition) is 1. The van der Waals surface area contributed by atoms with Crippen LogP contribution in [0, 0.1) is 0 Å². The number of allylic oxidation sites excluding steroid dienone is 1. The Morgan fingerprint density at radius 1 is 1.41 bits per heavy atom. The maximum atomic E-state index is 11.3. The maximum absolute atomic E-state index is 11.3. The minimum absolute atomic E-state index is 0.151. The van der Waals surface area contributed by atoms with Gasteiger partial charge in [-0.15, -0.1) is 0 Å². The van der Waals surface area contributed by atoms with E-state index in [-0.39, 0.29) is 11.8 Å². The van der Waals surface area contributed by atoms with Crippen LogP contribution in [-0.2, 0) is 23.7 Å². The predicted octanol–water partition coefficient (Wildman–Crippen LogP) is 0.861. The Bertz CT molecular complexity index is 348. The summed E-state index contributed by atoms with van der Waals surface area (Å²) in [6.45, 7) is 1.75. The minimum Gasteiger partial charge on any atom is -0.493 e. The molecule has 1 heterocycles. The van der Waals surface area contributed by atoms with Crippen LogP contribution in [0.5, 0.6) is 0 Å². The average molecular weight is 243 g/mol. The molecule has 0 aromatic carbocycles. The maximum Gasteiger partial charge on any atom is 0.264 e. The first-order valence-corrected chi connectivity index (χ1v) is 5.19. The lowest BCUT2D eigenvalue weighted by Crippen LogP contribution is -2.32. The Labute approximate surface area is 100 Å². The van der Waals surface area contributed by atoms with Crippen molar-refractivity contribution >= 4 is 5.91 Å². The van der Waals surface area contributed by atoms with E-state index in [1.165, 1.54) is 21.3 Å². The van der Waals surface area contributed by atoms with Crippen molar-refractivity contribution in [2.24, 2.45) is 0 Å². The highest BCUT2D eigenvalue weighted by atomic mass is 16.7. The molecule has 0 aromatic rings. The normalized spacial score (nSPS) is 19.3. The highest BCUT2D eigenvalue weighted by Crippen LogP contribution is 2.23. The first-order chi connectivity index (χ1) is 8.15. The van der Waals surface area contributed by atoms with Crippen LogP contribution in [0.25, 0.3) is 0 Å². The highest BCUT2D eigenvalue weighted by molar-refractivity contribution is 5.77. The standard InChI is InChI=1S/C11H17NO5/c1-5-8(13)12-9-6-7(14-2)10(15-3)11(16-4)17-9/h6,11H,5H2,1-4H3,(H,12,13). The molecule has 1 aliphatic rings. The lowest BCUT2D eigenvalue weighted by Gasteiger charge is -2.26. The predicted molar refractivity (Wildman–Crippen MR) is 59.4 cm³/mol. The molecule has 0 fully saturated rings. The molecule has 0 aromatic heterocycles. The van der Waals surface area contributed by atoms with Crippen LogP contribution in [-0.4, -0.2) is 33.5 Å². The molecule has 0 saturated carbocycles. The zero-order chi connectivity index (χ0) is 12.8. The van der Waals surface area contributed by atoms with Gasteiger partial charge in [0.15, 0.2) is 5.76 Å². The van der Waals surface area contributed by atoms with Gasteiger partial charge in [-0.3, -0.25) is 10.1 Å². The van der Waals surface area contributed by atoms with Crippen LogP contribution in [0.15, 0.2) is 23.5 Å². The monoisotopic (exact) mass is 243 g/mol. The molecule has 1 atom stereocenters. The van der Waals surface area contributed by atoms with Gasteiger partial charge in [0.2, 0.25) is 17.5 Å². The largest absolute Gasteiger partial charge is 0.493 e. The number of amides is 1. The van der Waals surface area contributed by atoms with Crippen molar-refractivity contribution in [2.75, 3.05) is 21.3 Å². The Kier molecular flexibility index (Phi) is 4.84. The summed E-state index contributed by atoms with van der Waals surface area (Å²) < 4.78 is 20.7. The molecule has 1 N–H and O–H groups in total. The fourth-order valence-corrected chi connectivity index (χ4v) is 1.31. The van der Waals surface area contributed by atoms with Crippen molar-refractivity contribution in [1.29, 1.82) is 0 Å². The van der Waals surface area contributed by atoms with Gasteiger partial charge in [-0.25, -0.2) is 0 Å². The minimum atomic E-state index is -0.730. The number of hydrogen-bond acceptors (Lipinski definition) is 5. The van der Waals surface area contributed by atoms with Gasteiger partial charge in [-0.05, 0) is 0 Å². The zero-order valence-corrected chi connectivity index (χ0v) is 10.4. The van der Waals surface area contributed by atoms with Crippen molar-refractivity contribution in [3.05, 3.63) is 23.5 Å². The van der Waals surface area contributed by atoms with E-state index in [0.29, 0.717) is 17.9 Å². The van der Waals surface area contributed by atoms with E-state index in [9.17, 15) is 4.79 Å². The van der Waals surface area contributed by atoms with Crippen LogP contribution in [0.4, 0.5) is 0 Å². The molecule has 17 heavy (non-hydrogen) atoms. The molecule has 1 amide bonds. The van der Waals surface area contributed by atoms with Crippen LogP contribution in [0.2, 0.25) is 0 Å². The lowest BCUT2D eigenvalue weighted by atomic mass is 10.3. The first-order valence-electron chi connectivity index (χ1n) is 5.19. The van der Waals surface area contributed by atoms with E-state index in [0.717, 1.165) is 0 Å². The van der Waals surface area contributed by atoms with Gasteiger partial charge >= 0.3 is 0 Å². The van der Waals surface area contributed by atoms with Gasteiger partial charge in [0.05, 0.1) is 14.2 Å². The summed E-state index contributed by atoms with van der Waals surface area (Å²) in [5.41, 5.74) is 0. The zero-order valence-electron chi connectivity index (χ0n) is 10.4. The highest BCUT2D eigenvalue weighted by Gasteiger charge is 2.27. The third-order valence-corrected chi connectivity index (χ3v) is 2.19. The quantitative estimate of drug-likeness (QED) is 0.775. The topological polar surface area (TPSA) is 66.0 Å². The van der Waals surface area contributed by atoms with Crippen LogP contribution >= 0.6 is 0 Å². The molecule has 0 saturated heterocycles. The van der Waals surface area contributed by atoms with Crippen molar-refractivity contribution < 1.29 is 23.7 Å². The third kappa shape index (κ3) is 3.13. The summed E-state index contributed by atoms with van der Waals surface area (Å²) >= 11 is 0. The van der Waals surface area contributed by atoms with Gasteiger partial charge in [0.25, 0.3) is 6.29 Å². The summed E-state index contributed by atoms with van der Waals surface area (Å²) in [6.07, 6.45) is 1.18. The Hall–Kier alpha value is -1.69. The molecule has 6 nitrogen and oxygen atoms in total. The number of nitrogens with one attached hydrogen (secondary N) is 1. The van der Waals surface area contributed by atoms with Crippen molar-refractivity contribution in [3.8, 4) is 0 Å². The fraction of sp³-hybridized carbons (Fsp3) is 0.545. The summed E-state index contributed by atoms with van der Waals surface area (Å²) in [6, 6.07) is 0. The Balaban J connectivity index is 2.92. The second-order valence-corrected chi connectivity index (χ2v) is 3.23. The smallest absolute Gasteiger partial charge is 0.264 e. The van der Waals surface area contributed by atoms with Crippen LogP contribution in [0.1, 0.15) is 13.3 Å². The molecule has 1 rings (SSSR count). The third-order valence-electron chi connectivity index (χ3n) is 2.19. The van der Waals surface area contributed by atoms with E-state index < -0.39 is 6.29 Å². The van der Waals surface area contributed by atoms with E-state index in [1.807, 2.05) is 0 Å². The Morgan fingerprint density at radius 3 is 2.59 bits per heavy atom. The number of carbonyl (C=O) groups is 1. The van der Waals surface area contributed by atoms with Gasteiger partial charge in [0, 0.05) is 19.6 Å². The molecule has 0 bridgehead atoms. The number of methoxy groups -OCH3 is 3. The van der Waals surface area contributed by atoms with E-state index in [1.54, 1.807) is 13.0 Å². The second-order valence-electron chi connectivity index (χ2n) is 3.23. The fourth-order valence-electron chi connectivity index (χ4n) is 1.31. The van der Waals surface area contributed by atoms with E-state index in [2.05, 4.69) is 5.32 Å². The molecule has 96 valence electrons. The summed E-state index contributed by atoms with van der Waals surface area (Å²) in [7, 11) is 4.47. The van der Waals surface area contributed by atoms with Crippen molar-refractivity contribution in [1.82, 2.24) is 5.32 Å². The second kappa shape index (κ2) is 6.15. The van der Waals surface area contributed by atoms with Gasteiger partial charge in [-0.1, -0.05) is 6.92 Å².